The summed E-state index contributed by atoms with van der Waals surface area (Å²) in [5.74, 6) is 1.27. The number of nitrogens with zero attached hydrogens (tertiary/aromatic N) is 7. The lowest BCUT2D eigenvalue weighted by Gasteiger charge is -2.41. The Morgan fingerprint density at radius 3 is 2.60 bits per heavy atom. The number of hydrogen-bond acceptors (Lipinski definition) is 8. The van der Waals surface area contributed by atoms with Crippen molar-refractivity contribution in [1.82, 2.24) is 34.4 Å². The minimum Gasteiger partial charge on any atom is -0.480 e. The molecule has 9 nitrogen and oxygen atoms in total. The first kappa shape index (κ1) is 22.2. The Morgan fingerprint density at radius 2 is 1.80 bits per heavy atom. The van der Waals surface area contributed by atoms with Crippen LogP contribution in [0, 0.1) is 0 Å². The molecule has 2 aliphatic rings. The van der Waals surface area contributed by atoms with Crippen molar-refractivity contribution in [3.8, 4) is 17.0 Å². The van der Waals surface area contributed by atoms with Crippen molar-refractivity contribution in [1.29, 1.82) is 0 Å². The maximum absolute atomic E-state index is 5.43. The minimum absolute atomic E-state index is 0.430. The molecule has 0 radical (unpaired) electrons. The van der Waals surface area contributed by atoms with Crippen LogP contribution in [0.1, 0.15) is 25.7 Å². The first-order valence-corrected chi connectivity index (χ1v) is 12.5. The van der Waals surface area contributed by atoms with Gasteiger partial charge in [-0.3, -0.25) is 4.90 Å². The zero-order valence-corrected chi connectivity index (χ0v) is 20.4. The molecule has 0 amide bonds. The summed E-state index contributed by atoms with van der Waals surface area (Å²) >= 11 is 0. The van der Waals surface area contributed by atoms with Crippen molar-refractivity contribution in [2.24, 2.45) is 0 Å². The van der Waals surface area contributed by atoms with Crippen LogP contribution < -0.4 is 10.1 Å². The SMILES string of the molecule is COc1ncnc2ccc(-c3ccn4nc(NC5CCC(N6CCN(C)CC6)CC5)ncc34)cc12. The second-order valence-corrected chi connectivity index (χ2v) is 9.74. The van der Waals surface area contributed by atoms with E-state index in [-0.39, 0.29) is 0 Å². The second kappa shape index (κ2) is 9.39. The van der Waals surface area contributed by atoms with E-state index >= 15 is 0 Å². The molecular weight excluding hydrogens is 440 g/mol. The Bertz CT molecular complexity index is 1320. The topological polar surface area (TPSA) is 83.7 Å². The van der Waals surface area contributed by atoms with Crippen LogP contribution in [0.3, 0.4) is 0 Å². The van der Waals surface area contributed by atoms with Crippen molar-refractivity contribution in [3.05, 3.63) is 43.0 Å². The van der Waals surface area contributed by atoms with Crippen LogP contribution in [0.2, 0.25) is 0 Å². The van der Waals surface area contributed by atoms with Gasteiger partial charge in [-0.05, 0) is 56.5 Å². The monoisotopic (exact) mass is 472 g/mol. The molecule has 1 aromatic carbocycles. The number of hydrogen-bond donors (Lipinski definition) is 1. The van der Waals surface area contributed by atoms with Crippen LogP contribution >= 0.6 is 0 Å². The van der Waals surface area contributed by atoms with Gasteiger partial charge >= 0.3 is 0 Å². The Hall–Kier alpha value is -3.30. The summed E-state index contributed by atoms with van der Waals surface area (Å²) < 4.78 is 7.33. The fraction of sp³-hybridized carbons (Fsp3) is 0.462. The number of anilines is 1. The Balaban J connectivity index is 1.15. The molecule has 0 unspecified atom stereocenters. The fourth-order valence-corrected chi connectivity index (χ4v) is 5.53. The first-order chi connectivity index (χ1) is 17.2. The summed E-state index contributed by atoms with van der Waals surface area (Å²) in [5, 5.41) is 9.23. The van der Waals surface area contributed by atoms with E-state index in [0.717, 1.165) is 46.4 Å². The number of ether oxygens (including phenoxy) is 1. The number of aromatic nitrogens is 5. The molecule has 35 heavy (non-hydrogen) atoms. The molecule has 0 atom stereocenters. The minimum atomic E-state index is 0.430. The molecule has 4 heterocycles. The average molecular weight is 473 g/mol. The second-order valence-electron chi connectivity index (χ2n) is 9.74. The van der Waals surface area contributed by atoms with Crippen molar-refractivity contribution >= 4 is 22.4 Å². The number of methoxy groups -OCH3 is 1. The highest BCUT2D eigenvalue weighted by atomic mass is 16.5. The molecule has 1 aliphatic heterocycles. The van der Waals surface area contributed by atoms with Gasteiger partial charge in [0.1, 0.15) is 6.33 Å². The van der Waals surface area contributed by atoms with E-state index in [1.807, 2.05) is 23.0 Å². The highest BCUT2D eigenvalue weighted by molar-refractivity contribution is 5.91. The molecular formula is C26H32N8O. The molecule has 0 spiro atoms. The van der Waals surface area contributed by atoms with Crippen molar-refractivity contribution in [2.45, 2.75) is 37.8 Å². The predicted molar refractivity (Wildman–Crippen MR) is 137 cm³/mol. The van der Waals surface area contributed by atoms with E-state index in [2.05, 4.69) is 55.3 Å². The van der Waals surface area contributed by atoms with Crippen molar-refractivity contribution in [3.63, 3.8) is 0 Å². The lowest BCUT2D eigenvalue weighted by molar-refractivity contribution is 0.0893. The molecule has 182 valence electrons. The van der Waals surface area contributed by atoms with Crippen molar-refractivity contribution < 1.29 is 4.74 Å². The zero-order valence-electron chi connectivity index (χ0n) is 20.4. The normalized spacial score (nSPS) is 22.0. The standard InChI is InChI=1S/C26H32N8O/c1-32-11-13-33(14-12-32)20-6-4-19(5-7-20)30-26-27-16-24-21(9-10-34(24)31-26)18-3-8-23-22(15-18)25(35-2)29-17-28-23/h3,8-10,15-17,19-20H,4-7,11-14H2,1-2H3,(H,30,31). The number of piperazine rings is 1. The smallest absolute Gasteiger partial charge is 0.241 e. The zero-order chi connectivity index (χ0) is 23.8. The largest absolute Gasteiger partial charge is 0.480 e. The summed E-state index contributed by atoms with van der Waals surface area (Å²) in [6, 6.07) is 9.35. The first-order valence-electron chi connectivity index (χ1n) is 12.5. The molecule has 6 rings (SSSR count). The van der Waals surface area contributed by atoms with E-state index in [0.29, 0.717) is 17.9 Å². The number of fused-ring (bicyclic) bond motifs is 2. The highest BCUT2D eigenvalue weighted by Gasteiger charge is 2.28. The third-order valence-electron chi connectivity index (χ3n) is 7.60. The molecule has 3 aromatic heterocycles. The molecule has 2 fully saturated rings. The van der Waals surface area contributed by atoms with Crippen LogP contribution in [-0.2, 0) is 0 Å². The van der Waals surface area contributed by atoms with Gasteiger partial charge in [-0.25, -0.2) is 19.5 Å². The van der Waals surface area contributed by atoms with E-state index in [1.54, 1.807) is 7.11 Å². The van der Waals surface area contributed by atoms with E-state index in [1.165, 1.54) is 45.3 Å². The Labute approximate surface area is 205 Å². The lowest BCUT2D eigenvalue weighted by Crippen LogP contribution is -2.50. The molecule has 9 heteroatoms. The summed E-state index contributed by atoms with van der Waals surface area (Å²) in [5.41, 5.74) is 3.94. The molecule has 1 aliphatic carbocycles. The maximum atomic E-state index is 5.43. The van der Waals surface area contributed by atoms with Gasteiger partial charge in [0.05, 0.1) is 29.7 Å². The average Bonchev–Trinajstić information content (AvgIpc) is 3.32. The molecule has 1 saturated heterocycles. The maximum Gasteiger partial charge on any atom is 0.241 e. The summed E-state index contributed by atoms with van der Waals surface area (Å²) in [4.78, 5) is 18.4. The summed E-state index contributed by atoms with van der Waals surface area (Å²) in [6.45, 7) is 4.77. The molecule has 4 aromatic rings. The van der Waals surface area contributed by atoms with Crippen LogP contribution in [-0.4, -0.2) is 86.8 Å². The number of nitrogens with one attached hydrogen (secondary N) is 1. The van der Waals surface area contributed by atoms with E-state index in [9.17, 15) is 0 Å². The third kappa shape index (κ3) is 4.41. The van der Waals surface area contributed by atoms with Crippen LogP contribution in [0.5, 0.6) is 5.88 Å². The van der Waals surface area contributed by atoms with Gasteiger partial charge in [0.15, 0.2) is 0 Å². The predicted octanol–water partition coefficient (Wildman–Crippen LogP) is 3.32. The van der Waals surface area contributed by atoms with Crippen LogP contribution in [0.15, 0.2) is 43.0 Å². The van der Waals surface area contributed by atoms with Gasteiger partial charge in [0.25, 0.3) is 0 Å². The molecule has 1 N–H and O–H groups in total. The summed E-state index contributed by atoms with van der Waals surface area (Å²) in [7, 11) is 3.85. The number of likely N-dealkylation sites (N-methyl/N-ethyl adjacent to an activating group) is 1. The number of benzene rings is 1. The van der Waals surface area contributed by atoms with Gasteiger partial charge in [0, 0.05) is 50.0 Å². The molecule has 1 saturated carbocycles. The third-order valence-corrected chi connectivity index (χ3v) is 7.60. The van der Waals surface area contributed by atoms with E-state index < -0.39 is 0 Å². The van der Waals surface area contributed by atoms with Gasteiger partial charge in [-0.15, -0.1) is 5.10 Å². The van der Waals surface area contributed by atoms with Gasteiger partial charge < -0.3 is 15.0 Å². The van der Waals surface area contributed by atoms with Gasteiger partial charge in [-0.2, -0.15) is 0 Å². The van der Waals surface area contributed by atoms with Crippen molar-refractivity contribution in [2.75, 3.05) is 45.7 Å². The van der Waals surface area contributed by atoms with Crippen LogP contribution in [0.4, 0.5) is 5.95 Å². The number of rotatable bonds is 5. The summed E-state index contributed by atoms with van der Waals surface area (Å²) in [6.07, 6.45) is 10.2. The quantitative estimate of drug-likeness (QED) is 0.474. The lowest BCUT2D eigenvalue weighted by atomic mass is 9.90. The Morgan fingerprint density at radius 1 is 0.971 bits per heavy atom. The fourth-order valence-electron chi connectivity index (χ4n) is 5.53. The van der Waals surface area contributed by atoms with Gasteiger partial charge in [-0.1, -0.05) is 6.07 Å². The van der Waals surface area contributed by atoms with Crippen LogP contribution in [0.25, 0.3) is 27.5 Å². The van der Waals surface area contributed by atoms with Gasteiger partial charge in [0.2, 0.25) is 11.8 Å². The molecule has 0 bridgehead atoms. The van der Waals surface area contributed by atoms with E-state index in [4.69, 9.17) is 9.84 Å². The Kier molecular flexibility index (Phi) is 5.95. The highest BCUT2D eigenvalue weighted by Crippen LogP contribution is 2.31.